The fraction of sp³-hybridized carbons (Fsp3) is 1.00. The minimum atomic E-state index is -7.00. The Balaban J connectivity index is 0. The van der Waals surface area contributed by atoms with Crippen LogP contribution in [0.5, 0.6) is 0 Å². The quantitative estimate of drug-likeness (QED) is 0.238. The molecule has 0 aliphatic carbocycles. The molecule has 0 saturated heterocycles. The van der Waals surface area contributed by atoms with Gasteiger partial charge in [0.2, 0.25) is 0 Å². The van der Waals surface area contributed by atoms with Gasteiger partial charge in [0.05, 0.1) is 12.5 Å². The Morgan fingerprint density at radius 1 is 0.909 bits per heavy atom. The van der Waals surface area contributed by atoms with Crippen molar-refractivity contribution in [2.75, 3.05) is 24.0 Å². The molecule has 0 bridgehead atoms. The average Bonchev–Trinajstić information content (AvgIpc) is 1.79. The first-order chi connectivity index (χ1) is 4.91. The van der Waals surface area contributed by atoms with E-state index in [-0.39, 0.29) is 0 Å². The van der Waals surface area contributed by atoms with Crippen LogP contribution in [0.2, 0.25) is 0 Å². The maximum atomic E-state index is 9.88. The van der Waals surface area contributed by atoms with Gasteiger partial charge in [-0.3, -0.25) is 0 Å². The molecule has 0 aromatic carbocycles. The van der Waals surface area contributed by atoms with Gasteiger partial charge in [-0.2, -0.15) is 0 Å². The van der Waals surface area contributed by atoms with Crippen LogP contribution in [0.4, 0.5) is 14.0 Å². The molecule has 0 aliphatic rings. The molecule has 0 N–H and O–H groups in total. The summed E-state index contributed by atoms with van der Waals surface area (Å²) < 4.78 is 39.5. The molecule has 70 valence electrons. The van der Waals surface area contributed by atoms with Crippen molar-refractivity contribution >= 4 is 38.6 Å². The summed E-state index contributed by atoms with van der Waals surface area (Å²) in [5.74, 6) is 2.75. The van der Waals surface area contributed by atoms with E-state index in [1.807, 2.05) is 0 Å². The van der Waals surface area contributed by atoms with Gasteiger partial charge >= 0.3 is 29.1 Å². The third kappa shape index (κ3) is 56.1. The molecule has 0 nitrogen and oxygen atoms in total. The van der Waals surface area contributed by atoms with Crippen LogP contribution in [0.25, 0.3) is 0 Å². The molecule has 0 aromatic heterocycles. The van der Waals surface area contributed by atoms with E-state index in [9.17, 15) is 14.0 Å². The second-order valence-electron chi connectivity index (χ2n) is 1.51. The monoisotopic (exact) mass is 274 g/mol. The zero-order valence-electron chi connectivity index (χ0n) is 6.32. The van der Waals surface area contributed by atoms with Crippen molar-refractivity contribution in [3.63, 3.8) is 0 Å². The Hall–Kier alpha value is 0.963. The van der Waals surface area contributed by atoms with Crippen molar-refractivity contribution in [1.82, 2.24) is 0 Å². The molecular weight excluding hydrogens is 261 g/mol. The van der Waals surface area contributed by atoms with E-state index in [2.05, 4.69) is 12.5 Å². The van der Waals surface area contributed by atoms with E-state index < -0.39 is 15.1 Å². The third-order valence-corrected chi connectivity index (χ3v) is 2.24. The molecule has 0 rings (SSSR count). The predicted octanol–water partition coefficient (Wildman–Crippen LogP) is 1.18. The number of halogens is 4. The number of thiol groups is 2. The van der Waals surface area contributed by atoms with Crippen LogP contribution in [0.1, 0.15) is 0 Å². The summed E-state index contributed by atoms with van der Waals surface area (Å²) in [6.07, 6.45) is 4.40. The second-order valence-corrected chi connectivity index (χ2v) is 5.47. The summed E-state index contributed by atoms with van der Waals surface area (Å²) in [4.78, 5) is 0. The summed E-state index contributed by atoms with van der Waals surface area (Å²) >= 11 is -3.92. The van der Waals surface area contributed by atoms with E-state index in [1.165, 1.54) is 35.0 Å². The molecule has 0 saturated carbocycles. The van der Waals surface area contributed by atoms with Crippen molar-refractivity contribution in [1.29, 1.82) is 0 Å². The Morgan fingerprint density at radius 2 is 1.09 bits per heavy atom. The van der Waals surface area contributed by atoms with E-state index in [1.54, 1.807) is 0 Å². The first-order valence-corrected chi connectivity index (χ1v) is 9.01. The Morgan fingerprint density at radius 3 is 1.18 bits per heavy atom. The summed E-state index contributed by atoms with van der Waals surface area (Å²) in [6, 6.07) is 0. The fourth-order valence-corrected chi connectivity index (χ4v) is 1.80. The topological polar surface area (TPSA) is 0 Å². The van der Waals surface area contributed by atoms with Gasteiger partial charge in [0, 0.05) is 0 Å². The Kier molecular flexibility index (Phi) is 11.9. The molecule has 0 atom stereocenters. The van der Waals surface area contributed by atoms with Crippen molar-refractivity contribution in [3.8, 4) is 0 Å². The molecular formula is C4H12F4GeS2+2. The number of hydrogen-bond acceptors (Lipinski definition) is 0. The molecule has 0 unspecified atom stereocenters. The van der Waals surface area contributed by atoms with Crippen LogP contribution < -0.4 is 0 Å². The van der Waals surface area contributed by atoms with Gasteiger partial charge in [0.25, 0.3) is 0 Å². The van der Waals surface area contributed by atoms with Crippen molar-refractivity contribution in [3.05, 3.63) is 0 Å². The predicted molar refractivity (Wildman–Crippen MR) is 49.3 cm³/mol. The van der Waals surface area contributed by atoms with Gasteiger partial charge in [-0.1, -0.05) is 0 Å². The van der Waals surface area contributed by atoms with Crippen molar-refractivity contribution < 1.29 is 14.0 Å². The van der Waals surface area contributed by atoms with E-state index in [0.29, 0.717) is 0 Å². The van der Waals surface area contributed by atoms with Crippen LogP contribution in [-0.4, -0.2) is 39.1 Å². The minimum absolute atomic E-state index is 1.37. The van der Waals surface area contributed by atoms with Crippen molar-refractivity contribution in [2.24, 2.45) is 0 Å². The first-order valence-electron chi connectivity index (χ1n) is 2.78. The summed E-state index contributed by atoms with van der Waals surface area (Å²) in [6.45, 7) is 0. The number of hydrogen-bond donors (Lipinski definition) is 0. The molecule has 0 radical (unpaired) electrons. The van der Waals surface area contributed by atoms with Gasteiger partial charge in [-0.25, -0.2) is 0 Å². The summed E-state index contributed by atoms with van der Waals surface area (Å²) in [5.41, 5.74) is 0. The SMILES string of the molecule is C[SH+]CC[SH+]C.[F][Ge]([F])([F])[F]. The van der Waals surface area contributed by atoms with Crippen molar-refractivity contribution in [2.45, 2.75) is 0 Å². The van der Waals surface area contributed by atoms with Gasteiger partial charge in [0.1, 0.15) is 11.5 Å². The van der Waals surface area contributed by atoms with Crippen LogP contribution in [0.15, 0.2) is 0 Å². The molecule has 0 aromatic rings. The van der Waals surface area contributed by atoms with E-state index in [0.717, 1.165) is 0 Å². The molecule has 0 heterocycles. The summed E-state index contributed by atoms with van der Waals surface area (Å²) in [5, 5.41) is 0. The van der Waals surface area contributed by atoms with Crippen LogP contribution >= 0.6 is 0 Å². The molecule has 0 fully saturated rings. The molecule has 0 amide bonds. The van der Waals surface area contributed by atoms with Gasteiger partial charge in [0.15, 0.2) is 0 Å². The Labute approximate surface area is 76.8 Å². The normalized spacial score (nSPS) is 10.4. The maximum absolute atomic E-state index is 9.88. The fourth-order valence-electron chi connectivity index (χ4n) is 0.200. The Bertz CT molecular complexity index is 67.0. The zero-order valence-corrected chi connectivity index (χ0v) is 10.2. The molecule has 7 heteroatoms. The van der Waals surface area contributed by atoms with E-state index >= 15 is 0 Å². The first kappa shape index (κ1) is 14.5. The number of rotatable bonds is 3. The summed E-state index contributed by atoms with van der Waals surface area (Å²) in [7, 11) is 0. The molecule has 11 heavy (non-hydrogen) atoms. The van der Waals surface area contributed by atoms with Gasteiger partial charge < -0.3 is 0 Å². The van der Waals surface area contributed by atoms with Crippen LogP contribution in [-0.2, 0) is 23.5 Å². The zero-order chi connectivity index (χ0) is 9.33. The van der Waals surface area contributed by atoms with Crippen LogP contribution in [0.3, 0.4) is 0 Å². The van der Waals surface area contributed by atoms with Crippen LogP contribution in [0, 0.1) is 0 Å². The molecule has 0 spiro atoms. The van der Waals surface area contributed by atoms with Gasteiger partial charge in [-0.15, -0.1) is 0 Å². The molecule has 0 aliphatic heterocycles. The standard InChI is InChI=1S/C4H10S2.F4Ge/c1-5-3-4-6-2;1-5(2,3)4/h3-4H2,1-2H3;/p+2. The average molecular weight is 273 g/mol. The second kappa shape index (κ2) is 9.05. The van der Waals surface area contributed by atoms with Gasteiger partial charge in [-0.05, 0) is 23.5 Å². The van der Waals surface area contributed by atoms with E-state index in [4.69, 9.17) is 0 Å². The third-order valence-electron chi connectivity index (χ3n) is 0.547.